The lowest BCUT2D eigenvalue weighted by Gasteiger charge is -2.22. The van der Waals surface area contributed by atoms with Gasteiger partial charge in [-0.1, -0.05) is 45.1 Å². The molecular weight excluding hydrogens is 206 g/mol. The van der Waals surface area contributed by atoms with Gasteiger partial charge in [-0.15, -0.1) is 0 Å². The zero-order valence-corrected chi connectivity index (χ0v) is 11.0. The van der Waals surface area contributed by atoms with Crippen LogP contribution < -0.4 is 5.73 Å². The number of hydrogen-bond acceptors (Lipinski definition) is 1. The molecule has 90 valence electrons. The van der Waals surface area contributed by atoms with Crippen LogP contribution in [0.5, 0.6) is 0 Å². The average molecular weight is 227 g/mol. The molecule has 0 heterocycles. The van der Waals surface area contributed by atoms with Crippen LogP contribution in [0.2, 0.25) is 0 Å². The summed E-state index contributed by atoms with van der Waals surface area (Å²) in [7, 11) is 0. The van der Waals surface area contributed by atoms with Crippen LogP contribution in [0.25, 0.3) is 5.57 Å². The Hall–Kier alpha value is -1.50. The molecule has 1 aliphatic rings. The highest BCUT2D eigenvalue weighted by Crippen LogP contribution is 2.32. The van der Waals surface area contributed by atoms with Crippen LogP contribution in [0.4, 0.5) is 5.69 Å². The lowest BCUT2D eigenvalue weighted by Crippen LogP contribution is -2.12. The summed E-state index contributed by atoms with van der Waals surface area (Å²) in [4.78, 5) is 0. The van der Waals surface area contributed by atoms with Crippen molar-refractivity contribution in [3.63, 3.8) is 0 Å². The third-order valence-corrected chi connectivity index (χ3v) is 3.28. The van der Waals surface area contributed by atoms with Crippen molar-refractivity contribution < 1.29 is 0 Å². The van der Waals surface area contributed by atoms with Gasteiger partial charge in [0, 0.05) is 11.3 Å². The van der Waals surface area contributed by atoms with E-state index in [4.69, 9.17) is 5.73 Å². The average Bonchev–Trinajstić information content (AvgIpc) is 2.29. The predicted octanol–water partition coefficient (Wildman–Crippen LogP) is 4.30. The Morgan fingerprint density at radius 1 is 1.18 bits per heavy atom. The van der Waals surface area contributed by atoms with Gasteiger partial charge < -0.3 is 5.73 Å². The molecule has 1 aliphatic carbocycles. The first-order valence-electron chi connectivity index (χ1n) is 6.24. The number of benzene rings is 1. The summed E-state index contributed by atoms with van der Waals surface area (Å²) in [5, 5.41) is 0. The highest BCUT2D eigenvalue weighted by Gasteiger charge is 2.16. The summed E-state index contributed by atoms with van der Waals surface area (Å²) in [5.41, 5.74) is 11.1. The first kappa shape index (κ1) is 12.0. The Labute approximate surface area is 104 Å². The molecule has 0 fully saturated rings. The second-order valence-corrected chi connectivity index (χ2v) is 5.71. The van der Waals surface area contributed by atoms with Crippen molar-refractivity contribution in [1.29, 1.82) is 0 Å². The minimum atomic E-state index is 0.174. The highest BCUT2D eigenvalue weighted by molar-refractivity contribution is 5.77. The van der Waals surface area contributed by atoms with Crippen molar-refractivity contribution in [3.8, 4) is 0 Å². The van der Waals surface area contributed by atoms with E-state index in [2.05, 4.69) is 51.1 Å². The van der Waals surface area contributed by atoms with Gasteiger partial charge >= 0.3 is 0 Å². The van der Waals surface area contributed by atoms with Crippen molar-refractivity contribution in [2.75, 3.05) is 5.73 Å². The minimum Gasteiger partial charge on any atom is -0.398 e. The molecule has 17 heavy (non-hydrogen) atoms. The Bertz CT molecular complexity index is 473. The summed E-state index contributed by atoms with van der Waals surface area (Å²) in [6.45, 7) is 6.70. The highest BCUT2D eigenvalue weighted by atomic mass is 14.6. The number of rotatable bonds is 1. The maximum atomic E-state index is 6.10. The van der Waals surface area contributed by atoms with Crippen molar-refractivity contribution in [2.45, 2.75) is 39.0 Å². The maximum Gasteiger partial charge on any atom is 0.0390 e. The lowest BCUT2D eigenvalue weighted by molar-refractivity contribution is 0.590. The van der Waals surface area contributed by atoms with Crippen LogP contribution in [0.15, 0.2) is 36.4 Å². The molecule has 2 N–H and O–H groups in total. The fraction of sp³-hybridized carbons (Fsp3) is 0.375. The van der Waals surface area contributed by atoms with Gasteiger partial charge in [-0.3, -0.25) is 0 Å². The fourth-order valence-electron chi connectivity index (χ4n) is 2.13. The van der Waals surface area contributed by atoms with Gasteiger partial charge in [-0.05, 0) is 41.5 Å². The smallest absolute Gasteiger partial charge is 0.0390 e. The molecule has 1 nitrogen and oxygen atoms in total. The molecule has 0 saturated carbocycles. The number of nitrogen functional groups attached to an aromatic ring is 1. The Balaban J connectivity index is 2.46. The molecule has 1 heteroatoms. The van der Waals surface area contributed by atoms with Gasteiger partial charge in [-0.25, -0.2) is 0 Å². The molecule has 0 amide bonds. The summed E-state index contributed by atoms with van der Waals surface area (Å²) < 4.78 is 0. The summed E-state index contributed by atoms with van der Waals surface area (Å²) >= 11 is 0. The SMILES string of the molecule is CC(C)(C)c1ccc(N)c(C2=CC=CCC2)c1. The second kappa shape index (κ2) is 4.40. The van der Waals surface area contributed by atoms with Gasteiger partial charge in [-0.2, -0.15) is 0 Å². The summed E-state index contributed by atoms with van der Waals surface area (Å²) in [5.74, 6) is 0. The first-order chi connectivity index (χ1) is 7.98. The van der Waals surface area contributed by atoms with Crippen LogP contribution in [0, 0.1) is 0 Å². The Morgan fingerprint density at radius 2 is 1.94 bits per heavy atom. The van der Waals surface area contributed by atoms with E-state index < -0.39 is 0 Å². The number of anilines is 1. The summed E-state index contributed by atoms with van der Waals surface area (Å²) in [6.07, 6.45) is 8.72. The molecule has 0 saturated heterocycles. The quantitative estimate of drug-likeness (QED) is 0.711. The van der Waals surface area contributed by atoms with Crippen molar-refractivity contribution in [1.82, 2.24) is 0 Å². The van der Waals surface area contributed by atoms with Crippen molar-refractivity contribution in [2.24, 2.45) is 0 Å². The monoisotopic (exact) mass is 227 g/mol. The van der Waals surface area contributed by atoms with E-state index in [0.717, 1.165) is 18.5 Å². The lowest BCUT2D eigenvalue weighted by atomic mass is 9.84. The molecule has 0 spiro atoms. The van der Waals surface area contributed by atoms with Gasteiger partial charge in [0.1, 0.15) is 0 Å². The molecule has 0 aromatic heterocycles. The molecule has 0 radical (unpaired) electrons. The van der Waals surface area contributed by atoms with E-state index >= 15 is 0 Å². The number of nitrogens with two attached hydrogens (primary N) is 1. The zero-order chi connectivity index (χ0) is 12.5. The van der Waals surface area contributed by atoms with E-state index in [1.165, 1.54) is 16.7 Å². The van der Waals surface area contributed by atoms with E-state index in [9.17, 15) is 0 Å². The third kappa shape index (κ3) is 2.60. The van der Waals surface area contributed by atoms with Crippen LogP contribution in [0.3, 0.4) is 0 Å². The minimum absolute atomic E-state index is 0.174. The zero-order valence-electron chi connectivity index (χ0n) is 11.0. The standard InChI is InChI=1S/C16H21N/c1-16(2,3)13-9-10-15(17)14(11-13)12-7-5-4-6-8-12/h4-5,7,9-11H,6,8,17H2,1-3H3. The predicted molar refractivity (Wildman–Crippen MR) is 75.9 cm³/mol. The van der Waals surface area contributed by atoms with Crippen LogP contribution >= 0.6 is 0 Å². The van der Waals surface area contributed by atoms with Gasteiger partial charge in [0.25, 0.3) is 0 Å². The number of hydrogen-bond donors (Lipinski definition) is 1. The first-order valence-corrected chi connectivity index (χ1v) is 6.24. The largest absolute Gasteiger partial charge is 0.398 e. The van der Waals surface area contributed by atoms with Gasteiger partial charge in [0.2, 0.25) is 0 Å². The fourth-order valence-corrected chi connectivity index (χ4v) is 2.13. The van der Waals surface area contributed by atoms with Crippen molar-refractivity contribution >= 4 is 11.3 Å². The van der Waals surface area contributed by atoms with E-state index in [0.29, 0.717) is 0 Å². The Morgan fingerprint density at radius 3 is 2.53 bits per heavy atom. The van der Waals surface area contributed by atoms with Crippen LogP contribution in [-0.4, -0.2) is 0 Å². The molecule has 1 aromatic rings. The molecule has 0 atom stereocenters. The molecule has 1 aromatic carbocycles. The number of allylic oxidation sites excluding steroid dienone is 4. The molecular formula is C16H21N. The van der Waals surface area contributed by atoms with E-state index in [-0.39, 0.29) is 5.41 Å². The molecule has 0 unspecified atom stereocenters. The molecule has 2 rings (SSSR count). The maximum absolute atomic E-state index is 6.10. The normalized spacial score (nSPS) is 15.8. The van der Waals surface area contributed by atoms with Crippen LogP contribution in [-0.2, 0) is 5.41 Å². The van der Waals surface area contributed by atoms with Crippen molar-refractivity contribution in [3.05, 3.63) is 47.6 Å². The topological polar surface area (TPSA) is 26.0 Å². The Kier molecular flexibility index (Phi) is 3.10. The van der Waals surface area contributed by atoms with E-state index in [1.54, 1.807) is 0 Å². The van der Waals surface area contributed by atoms with Gasteiger partial charge in [0.05, 0.1) is 0 Å². The second-order valence-electron chi connectivity index (χ2n) is 5.71. The summed E-state index contributed by atoms with van der Waals surface area (Å²) in [6, 6.07) is 6.42. The molecule has 0 bridgehead atoms. The molecule has 0 aliphatic heterocycles. The van der Waals surface area contributed by atoms with E-state index in [1.807, 2.05) is 6.07 Å². The van der Waals surface area contributed by atoms with Gasteiger partial charge in [0.15, 0.2) is 0 Å². The van der Waals surface area contributed by atoms with Crippen LogP contribution in [0.1, 0.15) is 44.7 Å². The third-order valence-electron chi connectivity index (χ3n) is 3.28.